The molecular formula is C17H18N4O3S. The maximum atomic E-state index is 12.6. The Labute approximate surface area is 149 Å². The number of hydrazone groups is 1. The first-order chi connectivity index (χ1) is 11.8. The van der Waals surface area contributed by atoms with Crippen LogP contribution in [0.25, 0.3) is 0 Å². The van der Waals surface area contributed by atoms with Crippen LogP contribution in [0.1, 0.15) is 30.5 Å². The molecule has 0 saturated heterocycles. The van der Waals surface area contributed by atoms with Crippen molar-refractivity contribution in [2.45, 2.75) is 19.4 Å². The van der Waals surface area contributed by atoms with E-state index >= 15 is 0 Å². The number of carbonyl (C=O) groups is 1. The van der Waals surface area contributed by atoms with Gasteiger partial charge in [-0.1, -0.05) is 30.3 Å². The number of aromatic hydroxyl groups is 1. The van der Waals surface area contributed by atoms with Gasteiger partial charge in [0.2, 0.25) is 11.8 Å². The molecule has 2 aromatic rings. The summed E-state index contributed by atoms with van der Waals surface area (Å²) in [4.78, 5) is 24.6. The van der Waals surface area contributed by atoms with Crippen molar-refractivity contribution >= 4 is 23.8 Å². The predicted molar refractivity (Wildman–Crippen MR) is 96.0 cm³/mol. The zero-order valence-corrected chi connectivity index (χ0v) is 14.9. The molecule has 0 unspecified atom stereocenters. The molecule has 3 rings (SSSR count). The molecule has 1 amide bonds. The third-order valence-corrected chi connectivity index (χ3v) is 4.89. The Hall–Kier alpha value is -2.74. The van der Waals surface area contributed by atoms with E-state index in [9.17, 15) is 14.7 Å². The van der Waals surface area contributed by atoms with Gasteiger partial charge in [-0.3, -0.25) is 18.7 Å². The second-order valence-electron chi connectivity index (χ2n) is 5.95. The van der Waals surface area contributed by atoms with Crippen molar-refractivity contribution in [3.63, 3.8) is 0 Å². The maximum Gasteiger partial charge on any atom is 0.267 e. The quantitative estimate of drug-likeness (QED) is 0.831. The van der Waals surface area contributed by atoms with Crippen LogP contribution in [0.2, 0.25) is 0 Å². The van der Waals surface area contributed by atoms with Gasteiger partial charge in [0.15, 0.2) is 4.77 Å². The Bertz CT molecular complexity index is 991. The molecule has 1 aromatic heterocycles. The number of rotatable bonds is 2. The molecular weight excluding hydrogens is 340 g/mol. The predicted octanol–water partition coefficient (Wildman–Crippen LogP) is 1.86. The van der Waals surface area contributed by atoms with E-state index < -0.39 is 5.56 Å². The maximum absolute atomic E-state index is 12.6. The van der Waals surface area contributed by atoms with Crippen molar-refractivity contribution in [2.24, 2.45) is 19.2 Å². The fourth-order valence-electron chi connectivity index (χ4n) is 2.97. The molecule has 0 radical (unpaired) electrons. The number of aromatic nitrogens is 2. The first-order valence-electron chi connectivity index (χ1n) is 7.74. The van der Waals surface area contributed by atoms with Crippen LogP contribution in [0, 0.1) is 4.77 Å². The SMILES string of the molecule is CC(=O)N1N=C(c2c(O)n(C)c(=S)n(C)c2=O)C[C@@H]1c1ccccc1. The van der Waals surface area contributed by atoms with Gasteiger partial charge in [0.25, 0.3) is 5.56 Å². The molecule has 1 aliphatic heterocycles. The van der Waals surface area contributed by atoms with Gasteiger partial charge in [-0.15, -0.1) is 0 Å². The van der Waals surface area contributed by atoms with Gasteiger partial charge in [0.1, 0.15) is 5.56 Å². The Morgan fingerprint density at radius 1 is 1.24 bits per heavy atom. The number of amides is 1. The summed E-state index contributed by atoms with van der Waals surface area (Å²) in [5.74, 6) is -0.478. The van der Waals surface area contributed by atoms with E-state index in [1.54, 1.807) is 14.1 Å². The average molecular weight is 358 g/mol. The molecule has 1 N–H and O–H groups in total. The van der Waals surface area contributed by atoms with Crippen molar-refractivity contribution in [3.8, 4) is 5.88 Å². The van der Waals surface area contributed by atoms with Gasteiger partial charge < -0.3 is 5.11 Å². The molecule has 8 heteroatoms. The van der Waals surface area contributed by atoms with Crippen LogP contribution in [0.5, 0.6) is 5.88 Å². The van der Waals surface area contributed by atoms with Gasteiger partial charge in [0.05, 0.1) is 11.8 Å². The third-order valence-electron chi connectivity index (χ3n) is 4.34. The Kier molecular flexibility index (Phi) is 4.30. The summed E-state index contributed by atoms with van der Waals surface area (Å²) in [6, 6.07) is 9.16. The monoisotopic (exact) mass is 358 g/mol. The van der Waals surface area contributed by atoms with Gasteiger partial charge in [0, 0.05) is 27.4 Å². The minimum atomic E-state index is -0.434. The molecule has 0 aliphatic carbocycles. The highest BCUT2D eigenvalue weighted by molar-refractivity contribution is 7.71. The Morgan fingerprint density at radius 2 is 1.88 bits per heavy atom. The molecule has 1 aliphatic rings. The van der Waals surface area contributed by atoms with Crippen molar-refractivity contribution in [3.05, 3.63) is 56.6 Å². The van der Waals surface area contributed by atoms with Crippen LogP contribution in [0.4, 0.5) is 0 Å². The summed E-state index contributed by atoms with van der Waals surface area (Å²) in [7, 11) is 3.12. The largest absolute Gasteiger partial charge is 0.494 e. The van der Waals surface area contributed by atoms with Crippen LogP contribution >= 0.6 is 12.2 Å². The molecule has 0 fully saturated rings. The number of nitrogens with zero attached hydrogens (tertiary/aromatic N) is 4. The summed E-state index contributed by atoms with van der Waals surface area (Å²) in [6.07, 6.45) is 0.336. The molecule has 0 bridgehead atoms. The van der Waals surface area contributed by atoms with Crippen LogP contribution in [-0.4, -0.2) is 30.9 Å². The van der Waals surface area contributed by atoms with Crippen molar-refractivity contribution in [2.75, 3.05) is 0 Å². The summed E-state index contributed by atoms with van der Waals surface area (Å²) in [5, 5.41) is 16.1. The number of benzene rings is 1. The van der Waals surface area contributed by atoms with Crippen LogP contribution in [-0.2, 0) is 18.9 Å². The van der Waals surface area contributed by atoms with Gasteiger partial charge >= 0.3 is 0 Å². The lowest BCUT2D eigenvalue weighted by Crippen LogP contribution is -2.28. The van der Waals surface area contributed by atoms with Gasteiger partial charge in [-0.05, 0) is 17.8 Å². The summed E-state index contributed by atoms with van der Waals surface area (Å²) in [5.41, 5.74) is 0.921. The summed E-state index contributed by atoms with van der Waals surface area (Å²) >= 11 is 5.13. The fraction of sp³-hybridized carbons (Fsp3) is 0.294. The molecule has 2 heterocycles. The van der Waals surface area contributed by atoms with E-state index in [4.69, 9.17) is 12.2 Å². The van der Waals surface area contributed by atoms with E-state index in [2.05, 4.69) is 5.10 Å². The third kappa shape index (κ3) is 2.78. The van der Waals surface area contributed by atoms with E-state index in [1.807, 2.05) is 30.3 Å². The minimum Gasteiger partial charge on any atom is -0.494 e. The molecule has 1 aromatic carbocycles. The highest BCUT2D eigenvalue weighted by atomic mass is 32.1. The standard InChI is InChI=1S/C17H18N4O3S/c1-10(22)21-13(11-7-5-4-6-8-11)9-12(18-21)14-15(23)19(2)17(25)20(3)16(14)24/h4-8,13,23H,9H2,1-3H3/t13-/m1/s1. The Balaban J connectivity index is 2.14. The zero-order chi connectivity index (χ0) is 18.3. The molecule has 7 nitrogen and oxygen atoms in total. The number of hydrogen-bond donors (Lipinski definition) is 1. The minimum absolute atomic E-state index is 0.0725. The lowest BCUT2D eigenvalue weighted by Gasteiger charge is -2.20. The van der Waals surface area contributed by atoms with Crippen molar-refractivity contribution in [1.82, 2.24) is 14.1 Å². The Morgan fingerprint density at radius 3 is 2.48 bits per heavy atom. The topological polar surface area (TPSA) is 79.8 Å². The number of carbonyl (C=O) groups excluding carboxylic acids is 1. The number of hydrogen-bond acceptors (Lipinski definition) is 5. The van der Waals surface area contributed by atoms with E-state index in [0.29, 0.717) is 12.1 Å². The van der Waals surface area contributed by atoms with Crippen molar-refractivity contribution < 1.29 is 9.90 Å². The fourth-order valence-corrected chi connectivity index (χ4v) is 3.14. The lowest BCUT2D eigenvalue weighted by molar-refractivity contribution is -0.130. The highest BCUT2D eigenvalue weighted by Crippen LogP contribution is 2.33. The zero-order valence-electron chi connectivity index (χ0n) is 14.1. The van der Waals surface area contributed by atoms with Crippen LogP contribution < -0.4 is 5.56 Å². The second-order valence-corrected chi connectivity index (χ2v) is 6.31. The lowest BCUT2D eigenvalue weighted by atomic mass is 9.99. The molecule has 0 spiro atoms. The van der Waals surface area contributed by atoms with E-state index in [0.717, 1.165) is 5.56 Å². The van der Waals surface area contributed by atoms with Crippen LogP contribution in [0.15, 0.2) is 40.2 Å². The molecule has 1 atom stereocenters. The van der Waals surface area contributed by atoms with Gasteiger partial charge in [-0.2, -0.15) is 5.10 Å². The van der Waals surface area contributed by atoms with E-state index in [-0.39, 0.29) is 28.2 Å². The first kappa shape index (κ1) is 17.1. The molecule has 25 heavy (non-hydrogen) atoms. The van der Waals surface area contributed by atoms with Crippen LogP contribution in [0.3, 0.4) is 0 Å². The van der Waals surface area contributed by atoms with E-state index in [1.165, 1.54) is 21.1 Å². The highest BCUT2D eigenvalue weighted by Gasteiger charge is 2.34. The smallest absolute Gasteiger partial charge is 0.267 e. The summed E-state index contributed by atoms with van der Waals surface area (Å²) < 4.78 is 2.83. The van der Waals surface area contributed by atoms with Gasteiger partial charge in [-0.25, -0.2) is 5.01 Å². The molecule has 0 saturated carbocycles. The summed E-state index contributed by atoms with van der Waals surface area (Å²) in [6.45, 7) is 1.42. The normalized spacial score (nSPS) is 16.8. The average Bonchev–Trinajstić information content (AvgIpc) is 3.04. The molecule has 130 valence electrons. The van der Waals surface area contributed by atoms with Crippen molar-refractivity contribution in [1.29, 1.82) is 0 Å². The first-order valence-corrected chi connectivity index (χ1v) is 8.15. The second kappa shape index (κ2) is 6.29.